The summed E-state index contributed by atoms with van der Waals surface area (Å²) in [6.45, 7) is 0.823. The van der Waals surface area contributed by atoms with Crippen molar-refractivity contribution in [3.8, 4) is 11.5 Å². The zero-order valence-electron chi connectivity index (χ0n) is 16.6. The first-order chi connectivity index (χ1) is 13.3. The number of aliphatic carboxylic acids is 1. The molecule has 1 aliphatic rings. The van der Waals surface area contributed by atoms with E-state index >= 15 is 0 Å². The molecule has 2 rings (SSSR count). The van der Waals surface area contributed by atoms with E-state index in [1.54, 1.807) is 38.3 Å². The summed E-state index contributed by atoms with van der Waals surface area (Å²) in [5.74, 6) is -0.115. The Morgan fingerprint density at radius 2 is 1.86 bits per heavy atom. The molecule has 0 atom stereocenters. The minimum absolute atomic E-state index is 0.00812. The van der Waals surface area contributed by atoms with E-state index in [9.17, 15) is 14.4 Å². The lowest BCUT2D eigenvalue weighted by molar-refractivity contribution is -0.146. The van der Waals surface area contributed by atoms with Crippen LogP contribution in [0.1, 0.15) is 24.8 Å². The molecule has 1 fully saturated rings. The molecule has 0 spiro atoms. The van der Waals surface area contributed by atoms with Crippen molar-refractivity contribution < 1.29 is 29.0 Å². The van der Waals surface area contributed by atoms with Gasteiger partial charge in [0.15, 0.2) is 0 Å². The molecule has 8 heteroatoms. The molecular formula is C20H28N2O6. The molecular weight excluding hydrogens is 364 g/mol. The summed E-state index contributed by atoms with van der Waals surface area (Å²) in [5.41, 5.74) is 0.866. The molecule has 1 aromatic carbocycles. The van der Waals surface area contributed by atoms with Gasteiger partial charge in [-0.05, 0) is 43.0 Å². The molecule has 1 aliphatic heterocycles. The van der Waals surface area contributed by atoms with Crippen LogP contribution in [0.4, 0.5) is 0 Å². The van der Waals surface area contributed by atoms with E-state index in [0.29, 0.717) is 43.9 Å². The molecule has 8 nitrogen and oxygen atoms in total. The van der Waals surface area contributed by atoms with Crippen LogP contribution in [0.25, 0.3) is 0 Å². The number of hydrogen-bond acceptors (Lipinski definition) is 5. The van der Waals surface area contributed by atoms with Gasteiger partial charge in [0, 0.05) is 26.6 Å². The SMILES string of the molecule is COc1ccc(OC)c(CCC(=O)N(C)CC(=O)N2CCC(C(=O)O)CC2)c1. The maximum absolute atomic E-state index is 12.4. The van der Waals surface area contributed by atoms with Gasteiger partial charge in [-0.3, -0.25) is 14.4 Å². The van der Waals surface area contributed by atoms with Gasteiger partial charge >= 0.3 is 5.97 Å². The van der Waals surface area contributed by atoms with E-state index < -0.39 is 5.97 Å². The van der Waals surface area contributed by atoms with Gasteiger partial charge in [-0.1, -0.05) is 0 Å². The normalized spacial score (nSPS) is 14.5. The summed E-state index contributed by atoms with van der Waals surface area (Å²) in [4.78, 5) is 38.9. The number of likely N-dealkylation sites (tertiary alicyclic amines) is 1. The largest absolute Gasteiger partial charge is 0.497 e. The second kappa shape index (κ2) is 9.96. The minimum Gasteiger partial charge on any atom is -0.497 e. The predicted octanol–water partition coefficient (Wildman–Crippen LogP) is 1.42. The molecule has 154 valence electrons. The lowest BCUT2D eigenvalue weighted by Gasteiger charge is -2.31. The summed E-state index contributed by atoms with van der Waals surface area (Å²) in [5, 5.41) is 9.03. The summed E-state index contributed by atoms with van der Waals surface area (Å²) in [6.07, 6.45) is 1.62. The number of nitrogens with zero attached hydrogens (tertiary/aromatic N) is 2. The number of aryl methyl sites for hydroxylation is 1. The Kier molecular flexibility index (Phi) is 7.66. The maximum atomic E-state index is 12.4. The van der Waals surface area contributed by atoms with Crippen LogP contribution >= 0.6 is 0 Å². The summed E-state index contributed by atoms with van der Waals surface area (Å²) >= 11 is 0. The topological polar surface area (TPSA) is 96.4 Å². The minimum atomic E-state index is -0.813. The van der Waals surface area contributed by atoms with E-state index in [2.05, 4.69) is 0 Å². The van der Waals surface area contributed by atoms with Gasteiger partial charge in [0.2, 0.25) is 11.8 Å². The van der Waals surface area contributed by atoms with Gasteiger partial charge < -0.3 is 24.4 Å². The molecule has 1 saturated heterocycles. The van der Waals surface area contributed by atoms with Crippen LogP contribution in [0, 0.1) is 5.92 Å². The first-order valence-electron chi connectivity index (χ1n) is 9.31. The Balaban J connectivity index is 1.84. The Bertz CT molecular complexity index is 713. The summed E-state index contributed by atoms with van der Waals surface area (Å²) in [6, 6.07) is 5.43. The van der Waals surface area contributed by atoms with E-state index in [4.69, 9.17) is 14.6 Å². The molecule has 0 aliphatic carbocycles. The molecule has 28 heavy (non-hydrogen) atoms. The van der Waals surface area contributed by atoms with Crippen molar-refractivity contribution in [1.29, 1.82) is 0 Å². The Hall–Kier alpha value is -2.77. The van der Waals surface area contributed by atoms with Gasteiger partial charge in [0.05, 0.1) is 26.7 Å². The number of benzene rings is 1. The Morgan fingerprint density at radius 3 is 2.43 bits per heavy atom. The van der Waals surface area contributed by atoms with Crippen LogP contribution in [0.2, 0.25) is 0 Å². The zero-order valence-corrected chi connectivity index (χ0v) is 16.6. The van der Waals surface area contributed by atoms with E-state index in [1.807, 2.05) is 6.07 Å². The fourth-order valence-corrected chi connectivity index (χ4v) is 3.28. The highest BCUT2D eigenvalue weighted by Gasteiger charge is 2.27. The lowest BCUT2D eigenvalue weighted by atomic mass is 9.97. The highest BCUT2D eigenvalue weighted by molar-refractivity contribution is 5.85. The fourth-order valence-electron chi connectivity index (χ4n) is 3.28. The third kappa shape index (κ3) is 5.61. The van der Waals surface area contributed by atoms with E-state index in [0.717, 1.165) is 5.56 Å². The van der Waals surface area contributed by atoms with Crippen LogP contribution in [-0.4, -0.2) is 73.6 Å². The number of methoxy groups -OCH3 is 2. The molecule has 0 aromatic heterocycles. The van der Waals surface area contributed by atoms with Crippen LogP contribution in [0.15, 0.2) is 18.2 Å². The summed E-state index contributed by atoms with van der Waals surface area (Å²) in [7, 11) is 4.76. The number of hydrogen-bond donors (Lipinski definition) is 1. The van der Waals surface area contributed by atoms with Crippen molar-refractivity contribution in [3.63, 3.8) is 0 Å². The van der Waals surface area contributed by atoms with Crippen molar-refractivity contribution in [1.82, 2.24) is 9.80 Å². The molecule has 0 radical (unpaired) electrons. The predicted molar refractivity (Wildman–Crippen MR) is 102 cm³/mol. The number of carbonyl (C=O) groups is 3. The smallest absolute Gasteiger partial charge is 0.306 e. The zero-order chi connectivity index (χ0) is 20.7. The van der Waals surface area contributed by atoms with Crippen LogP contribution in [-0.2, 0) is 20.8 Å². The fraction of sp³-hybridized carbons (Fsp3) is 0.550. The second-order valence-electron chi connectivity index (χ2n) is 6.92. The third-order valence-corrected chi connectivity index (χ3v) is 5.09. The van der Waals surface area contributed by atoms with Gasteiger partial charge in [-0.2, -0.15) is 0 Å². The van der Waals surface area contributed by atoms with Crippen LogP contribution in [0.3, 0.4) is 0 Å². The van der Waals surface area contributed by atoms with Crippen molar-refractivity contribution in [2.75, 3.05) is 40.9 Å². The molecule has 1 heterocycles. The number of carboxylic acid groups (broad SMARTS) is 1. The third-order valence-electron chi connectivity index (χ3n) is 5.09. The number of piperidine rings is 1. The van der Waals surface area contributed by atoms with E-state index in [-0.39, 0.29) is 30.7 Å². The number of likely N-dealkylation sites (N-methyl/N-ethyl adjacent to an activating group) is 1. The number of rotatable bonds is 8. The van der Waals surface area contributed by atoms with Crippen molar-refractivity contribution in [2.45, 2.75) is 25.7 Å². The molecule has 0 saturated carbocycles. The molecule has 1 N–H and O–H groups in total. The summed E-state index contributed by atoms with van der Waals surface area (Å²) < 4.78 is 10.5. The molecule has 1 aromatic rings. The number of carboxylic acids is 1. The van der Waals surface area contributed by atoms with Gasteiger partial charge in [-0.25, -0.2) is 0 Å². The highest BCUT2D eigenvalue weighted by atomic mass is 16.5. The highest BCUT2D eigenvalue weighted by Crippen LogP contribution is 2.25. The molecule has 0 bridgehead atoms. The second-order valence-corrected chi connectivity index (χ2v) is 6.92. The number of carbonyl (C=O) groups excluding carboxylic acids is 2. The van der Waals surface area contributed by atoms with Crippen molar-refractivity contribution >= 4 is 17.8 Å². The van der Waals surface area contributed by atoms with Gasteiger partial charge in [0.25, 0.3) is 0 Å². The number of ether oxygens (including phenoxy) is 2. The van der Waals surface area contributed by atoms with E-state index in [1.165, 1.54) is 4.90 Å². The average molecular weight is 392 g/mol. The number of amides is 2. The standard InChI is InChI=1S/C20H28N2O6/c1-21(13-19(24)22-10-8-14(9-11-22)20(25)26)18(23)7-4-15-12-16(27-2)5-6-17(15)28-3/h5-6,12,14H,4,7-11,13H2,1-3H3,(H,25,26). The lowest BCUT2D eigenvalue weighted by Crippen LogP contribution is -2.45. The maximum Gasteiger partial charge on any atom is 0.306 e. The van der Waals surface area contributed by atoms with Crippen LogP contribution in [0.5, 0.6) is 11.5 Å². The average Bonchev–Trinajstić information content (AvgIpc) is 2.71. The quantitative estimate of drug-likeness (QED) is 0.719. The Labute approximate surface area is 165 Å². The first-order valence-corrected chi connectivity index (χ1v) is 9.31. The Morgan fingerprint density at radius 1 is 1.18 bits per heavy atom. The molecule has 0 unspecified atom stereocenters. The van der Waals surface area contributed by atoms with Gasteiger partial charge in [-0.15, -0.1) is 0 Å². The van der Waals surface area contributed by atoms with Crippen molar-refractivity contribution in [2.24, 2.45) is 5.92 Å². The van der Waals surface area contributed by atoms with Gasteiger partial charge in [0.1, 0.15) is 11.5 Å². The van der Waals surface area contributed by atoms with Crippen LogP contribution < -0.4 is 9.47 Å². The monoisotopic (exact) mass is 392 g/mol. The van der Waals surface area contributed by atoms with Crippen molar-refractivity contribution in [3.05, 3.63) is 23.8 Å². The first kappa shape index (κ1) is 21.5. The molecule has 2 amide bonds.